The van der Waals surface area contributed by atoms with Crippen LogP contribution in [-0.2, 0) is 16.4 Å². The summed E-state index contributed by atoms with van der Waals surface area (Å²) in [6.45, 7) is 2.28. The van der Waals surface area contributed by atoms with E-state index in [0.29, 0.717) is 30.2 Å². The van der Waals surface area contributed by atoms with E-state index in [1.165, 1.54) is 0 Å². The van der Waals surface area contributed by atoms with Crippen molar-refractivity contribution in [2.45, 2.75) is 24.3 Å². The van der Waals surface area contributed by atoms with Crippen molar-refractivity contribution in [1.29, 1.82) is 0 Å². The first-order valence-electron chi connectivity index (χ1n) is 11.4. The van der Waals surface area contributed by atoms with Gasteiger partial charge < -0.3 is 19.2 Å². The Labute approximate surface area is 205 Å². The van der Waals surface area contributed by atoms with Crippen molar-refractivity contribution < 1.29 is 22.6 Å². The average Bonchev–Trinajstić information content (AvgIpc) is 3.26. The van der Waals surface area contributed by atoms with Crippen LogP contribution in [0, 0.1) is 6.92 Å². The fraction of sp³-hybridized carbons (Fsp3) is 0.259. The van der Waals surface area contributed by atoms with E-state index in [4.69, 9.17) is 14.2 Å². The lowest BCUT2D eigenvalue weighted by atomic mass is 9.94. The summed E-state index contributed by atoms with van der Waals surface area (Å²) in [5.74, 6) is 1.40. The summed E-state index contributed by atoms with van der Waals surface area (Å²) in [5, 5.41) is 1.10. The third-order valence-electron chi connectivity index (χ3n) is 6.62. The van der Waals surface area contributed by atoms with Gasteiger partial charge >= 0.3 is 0 Å². The molecule has 5 rings (SSSR count). The Morgan fingerprint density at radius 1 is 0.914 bits per heavy atom. The number of aromatic nitrogens is 1. The SMILES string of the molecule is COc1cc(C2c3[nH]c4ccccc4c3CCN2S(=O)(=O)c2ccc(C)cc2)cc(OC)c1OC. The second kappa shape index (κ2) is 8.94. The zero-order chi connectivity index (χ0) is 24.7. The molecule has 1 atom stereocenters. The van der Waals surface area contributed by atoms with E-state index in [1.54, 1.807) is 37.8 Å². The van der Waals surface area contributed by atoms with Crippen LogP contribution < -0.4 is 14.2 Å². The average molecular weight is 493 g/mol. The van der Waals surface area contributed by atoms with Crippen LogP contribution in [0.3, 0.4) is 0 Å². The molecule has 0 saturated heterocycles. The molecule has 35 heavy (non-hydrogen) atoms. The van der Waals surface area contributed by atoms with Gasteiger partial charge in [-0.3, -0.25) is 0 Å². The number of nitrogens with one attached hydrogen (secondary N) is 1. The number of rotatable bonds is 6. The minimum absolute atomic E-state index is 0.264. The molecule has 1 aliphatic heterocycles. The molecular formula is C27H28N2O5S. The monoisotopic (exact) mass is 492 g/mol. The third kappa shape index (κ3) is 3.83. The van der Waals surface area contributed by atoms with Crippen LogP contribution >= 0.6 is 0 Å². The van der Waals surface area contributed by atoms with Gasteiger partial charge in [-0.25, -0.2) is 8.42 Å². The molecule has 1 unspecified atom stereocenters. The van der Waals surface area contributed by atoms with Crippen molar-refractivity contribution in [1.82, 2.24) is 9.29 Å². The van der Waals surface area contributed by atoms with Crippen LogP contribution in [0.4, 0.5) is 0 Å². The number of nitrogens with zero attached hydrogens (tertiary/aromatic N) is 1. The highest BCUT2D eigenvalue weighted by Crippen LogP contribution is 2.46. The van der Waals surface area contributed by atoms with E-state index in [-0.39, 0.29) is 4.90 Å². The van der Waals surface area contributed by atoms with Crippen LogP contribution in [0.1, 0.15) is 28.4 Å². The summed E-state index contributed by atoms with van der Waals surface area (Å²) in [5.41, 5.74) is 4.67. The number of fused-ring (bicyclic) bond motifs is 3. The van der Waals surface area contributed by atoms with Crippen molar-refractivity contribution in [3.63, 3.8) is 0 Å². The first-order valence-corrected chi connectivity index (χ1v) is 12.8. The second-order valence-electron chi connectivity index (χ2n) is 8.60. The zero-order valence-electron chi connectivity index (χ0n) is 20.2. The number of hydrogen-bond acceptors (Lipinski definition) is 5. The fourth-order valence-corrected chi connectivity index (χ4v) is 6.50. The molecule has 8 heteroatoms. The van der Waals surface area contributed by atoms with Crippen molar-refractivity contribution in [3.8, 4) is 17.2 Å². The van der Waals surface area contributed by atoms with E-state index < -0.39 is 16.1 Å². The van der Waals surface area contributed by atoms with E-state index in [9.17, 15) is 8.42 Å². The molecule has 0 bridgehead atoms. The summed E-state index contributed by atoms with van der Waals surface area (Å²) >= 11 is 0. The Kier molecular flexibility index (Phi) is 5.94. The maximum atomic E-state index is 14.0. The van der Waals surface area contributed by atoms with Gasteiger partial charge in [0, 0.05) is 23.1 Å². The topological polar surface area (TPSA) is 80.9 Å². The summed E-state index contributed by atoms with van der Waals surface area (Å²) in [6, 6.07) is 18.1. The van der Waals surface area contributed by atoms with Crippen molar-refractivity contribution in [2.24, 2.45) is 0 Å². The highest BCUT2D eigenvalue weighted by atomic mass is 32.2. The number of sulfonamides is 1. The first kappa shape index (κ1) is 23.3. The molecule has 2 heterocycles. The van der Waals surface area contributed by atoms with Crippen LogP contribution in [0.25, 0.3) is 10.9 Å². The lowest BCUT2D eigenvalue weighted by molar-refractivity contribution is 0.316. The quantitative estimate of drug-likeness (QED) is 0.417. The van der Waals surface area contributed by atoms with Gasteiger partial charge in [0.25, 0.3) is 0 Å². The standard InChI is InChI=1S/C27H28N2O5S/c1-17-9-11-19(12-10-17)35(30,31)29-14-13-21-20-7-5-6-8-22(20)28-25(21)26(29)18-15-23(32-2)27(34-4)24(16-18)33-3/h5-12,15-16,26,28H,13-14H2,1-4H3. The van der Waals surface area contributed by atoms with Gasteiger partial charge in [-0.2, -0.15) is 4.31 Å². The highest BCUT2D eigenvalue weighted by Gasteiger charge is 2.40. The number of aromatic amines is 1. The van der Waals surface area contributed by atoms with Gasteiger partial charge in [-0.15, -0.1) is 0 Å². The molecule has 0 spiro atoms. The van der Waals surface area contributed by atoms with E-state index in [2.05, 4.69) is 11.1 Å². The summed E-state index contributed by atoms with van der Waals surface area (Å²) in [7, 11) is 0.841. The molecule has 4 aromatic rings. The van der Waals surface area contributed by atoms with Crippen LogP contribution in [0.5, 0.6) is 17.2 Å². The summed E-state index contributed by atoms with van der Waals surface area (Å²) in [6.07, 6.45) is 0.603. The van der Waals surface area contributed by atoms with Crippen LogP contribution in [0.2, 0.25) is 0 Å². The van der Waals surface area contributed by atoms with Crippen molar-refractivity contribution in [2.75, 3.05) is 27.9 Å². The van der Waals surface area contributed by atoms with Gasteiger partial charge in [0.15, 0.2) is 11.5 Å². The van der Waals surface area contributed by atoms with Gasteiger partial charge in [0.2, 0.25) is 15.8 Å². The number of H-pyrrole nitrogens is 1. The van der Waals surface area contributed by atoms with Gasteiger partial charge in [-0.1, -0.05) is 35.9 Å². The second-order valence-corrected chi connectivity index (χ2v) is 10.5. The zero-order valence-corrected chi connectivity index (χ0v) is 21.0. The number of para-hydroxylation sites is 1. The Morgan fingerprint density at radius 3 is 2.20 bits per heavy atom. The summed E-state index contributed by atoms with van der Waals surface area (Å²) < 4.78 is 46.2. The van der Waals surface area contributed by atoms with Crippen molar-refractivity contribution in [3.05, 3.63) is 83.0 Å². The molecule has 3 aromatic carbocycles. The number of hydrogen-bond donors (Lipinski definition) is 1. The molecule has 1 N–H and O–H groups in total. The third-order valence-corrected chi connectivity index (χ3v) is 8.50. The molecule has 0 amide bonds. The summed E-state index contributed by atoms with van der Waals surface area (Å²) in [4.78, 5) is 3.78. The number of methoxy groups -OCH3 is 3. The van der Waals surface area contributed by atoms with E-state index in [0.717, 1.165) is 33.3 Å². The predicted octanol–water partition coefficient (Wildman–Crippen LogP) is 4.84. The van der Waals surface area contributed by atoms with Crippen LogP contribution in [0.15, 0.2) is 65.6 Å². The molecule has 1 aromatic heterocycles. The van der Waals surface area contributed by atoms with E-state index in [1.807, 2.05) is 49.4 Å². The van der Waals surface area contributed by atoms with E-state index >= 15 is 0 Å². The first-order chi connectivity index (χ1) is 16.9. The van der Waals surface area contributed by atoms with Gasteiger partial charge in [0.05, 0.1) is 32.3 Å². The molecule has 1 aliphatic rings. The normalized spacial score (nSPS) is 16.2. The largest absolute Gasteiger partial charge is 0.493 e. The maximum absolute atomic E-state index is 14.0. The Bertz CT molecular complexity index is 1470. The lowest BCUT2D eigenvalue weighted by Gasteiger charge is -2.35. The molecular weight excluding hydrogens is 464 g/mol. The van der Waals surface area contributed by atoms with Gasteiger partial charge in [-0.05, 0) is 54.8 Å². The Balaban J connectivity index is 1.75. The Morgan fingerprint density at radius 2 is 1.57 bits per heavy atom. The minimum atomic E-state index is -3.81. The van der Waals surface area contributed by atoms with Crippen LogP contribution in [-0.4, -0.2) is 45.6 Å². The highest BCUT2D eigenvalue weighted by molar-refractivity contribution is 7.89. The predicted molar refractivity (Wildman–Crippen MR) is 135 cm³/mol. The molecule has 182 valence electrons. The maximum Gasteiger partial charge on any atom is 0.244 e. The van der Waals surface area contributed by atoms with Gasteiger partial charge in [0.1, 0.15) is 0 Å². The smallest absolute Gasteiger partial charge is 0.244 e. The van der Waals surface area contributed by atoms with Crippen molar-refractivity contribution >= 4 is 20.9 Å². The molecule has 0 aliphatic carbocycles. The number of aryl methyl sites for hydroxylation is 1. The molecule has 0 radical (unpaired) electrons. The lowest BCUT2D eigenvalue weighted by Crippen LogP contribution is -2.40. The fourth-order valence-electron chi connectivity index (χ4n) is 4.92. The number of benzene rings is 3. The number of ether oxygens (including phenoxy) is 3. The molecule has 7 nitrogen and oxygen atoms in total. The molecule has 0 saturated carbocycles. The molecule has 0 fully saturated rings. The minimum Gasteiger partial charge on any atom is -0.493 e. The Hall–Kier alpha value is -3.49.